The second-order valence-corrected chi connectivity index (χ2v) is 8.77. The van der Waals surface area contributed by atoms with Crippen LogP contribution in [0.25, 0.3) is 10.9 Å². The van der Waals surface area contributed by atoms with Crippen LogP contribution in [0.5, 0.6) is 5.75 Å². The predicted octanol–water partition coefficient (Wildman–Crippen LogP) is 3.17. The van der Waals surface area contributed by atoms with Crippen molar-refractivity contribution in [1.29, 1.82) is 0 Å². The molecule has 1 aliphatic carbocycles. The molecule has 2 aromatic carbocycles. The monoisotopic (exact) mass is 436 g/mol. The minimum atomic E-state index is -0.792. The first-order chi connectivity index (χ1) is 15.4. The molecule has 170 valence electrons. The Morgan fingerprint density at radius 1 is 1.09 bits per heavy atom. The summed E-state index contributed by atoms with van der Waals surface area (Å²) in [4.78, 5) is 14.3. The Labute approximate surface area is 188 Å². The van der Waals surface area contributed by atoms with E-state index in [9.17, 15) is 15.0 Å². The molecule has 0 aliphatic heterocycles. The second-order valence-electron chi connectivity index (χ2n) is 8.77. The first-order valence-corrected chi connectivity index (χ1v) is 11.3. The number of methoxy groups -OCH3 is 1. The number of rotatable bonds is 8. The van der Waals surface area contributed by atoms with Gasteiger partial charge in [-0.1, -0.05) is 32.0 Å². The van der Waals surface area contributed by atoms with Crippen LogP contribution in [0.15, 0.2) is 41.2 Å². The third-order valence-corrected chi connectivity index (χ3v) is 6.79. The molecule has 0 amide bonds. The van der Waals surface area contributed by atoms with Crippen molar-refractivity contribution in [2.24, 2.45) is 0 Å². The third kappa shape index (κ3) is 4.18. The van der Waals surface area contributed by atoms with Crippen molar-refractivity contribution >= 4 is 10.9 Å². The maximum Gasteiger partial charge on any atom is 0.248 e. The molecule has 6 heteroatoms. The number of aromatic nitrogens is 1. The summed E-state index contributed by atoms with van der Waals surface area (Å²) in [6.07, 6.45) is 2.98. The molecule has 1 aliphatic rings. The normalized spacial score (nSPS) is 15.8. The zero-order chi connectivity index (χ0) is 22.9. The number of pyridine rings is 1. The van der Waals surface area contributed by atoms with Crippen LogP contribution in [-0.2, 0) is 30.4 Å². The molecule has 0 fully saturated rings. The van der Waals surface area contributed by atoms with Crippen molar-refractivity contribution in [3.05, 3.63) is 74.6 Å². The molecule has 0 saturated heterocycles. The van der Waals surface area contributed by atoms with E-state index in [2.05, 4.69) is 36.3 Å². The standard InChI is InChI=1S/C26H32N2O4/c1-4-16-10-18-12-26(32-3,13-19(18)11-17(16)5-2)15-27-14-23(30)20-6-8-22(29)25-21(20)7-9-24(31)28-25/h6-11,23,27,29-30H,4-5,12-15H2,1-3H3,(H,28,31)/t23-/m0/s1. The van der Waals surface area contributed by atoms with Gasteiger partial charge in [-0.2, -0.15) is 0 Å². The lowest BCUT2D eigenvalue weighted by atomic mass is 9.97. The van der Waals surface area contributed by atoms with Gasteiger partial charge in [0, 0.05) is 44.5 Å². The van der Waals surface area contributed by atoms with Crippen molar-refractivity contribution in [3.63, 3.8) is 0 Å². The fourth-order valence-corrected chi connectivity index (χ4v) is 4.97. The number of aliphatic hydroxyl groups excluding tert-OH is 1. The fraction of sp³-hybridized carbons (Fsp3) is 0.423. The van der Waals surface area contributed by atoms with Gasteiger partial charge >= 0.3 is 0 Å². The van der Waals surface area contributed by atoms with Crippen LogP contribution in [0, 0.1) is 0 Å². The zero-order valence-corrected chi connectivity index (χ0v) is 19.0. The Bertz CT molecular complexity index is 1150. The number of phenols is 1. The van der Waals surface area contributed by atoms with Gasteiger partial charge in [0.05, 0.1) is 17.2 Å². The van der Waals surface area contributed by atoms with Gasteiger partial charge in [0.2, 0.25) is 5.56 Å². The lowest BCUT2D eigenvalue weighted by Gasteiger charge is -2.28. The average molecular weight is 437 g/mol. The third-order valence-electron chi connectivity index (χ3n) is 6.79. The summed E-state index contributed by atoms with van der Waals surface area (Å²) in [5.41, 5.74) is 5.92. The number of aromatic hydroxyl groups is 1. The number of nitrogens with one attached hydrogen (secondary N) is 2. The fourth-order valence-electron chi connectivity index (χ4n) is 4.97. The quantitative estimate of drug-likeness (QED) is 0.435. The molecule has 0 saturated carbocycles. The number of benzene rings is 2. The molecule has 0 bridgehead atoms. The highest BCUT2D eigenvalue weighted by Crippen LogP contribution is 2.35. The minimum Gasteiger partial charge on any atom is -0.506 e. The Hall–Kier alpha value is -2.67. The molecule has 0 radical (unpaired) electrons. The van der Waals surface area contributed by atoms with E-state index in [1.165, 1.54) is 34.4 Å². The maximum absolute atomic E-state index is 11.6. The van der Waals surface area contributed by atoms with Crippen LogP contribution in [0.1, 0.15) is 47.8 Å². The highest BCUT2D eigenvalue weighted by molar-refractivity contribution is 5.87. The summed E-state index contributed by atoms with van der Waals surface area (Å²) in [7, 11) is 1.76. The minimum absolute atomic E-state index is 0.0124. The zero-order valence-electron chi connectivity index (χ0n) is 19.0. The molecule has 32 heavy (non-hydrogen) atoms. The number of fused-ring (bicyclic) bond motifs is 2. The highest BCUT2D eigenvalue weighted by atomic mass is 16.5. The van der Waals surface area contributed by atoms with Crippen molar-refractivity contribution in [2.45, 2.75) is 51.2 Å². The number of ether oxygens (including phenoxy) is 1. The second kappa shape index (κ2) is 9.06. The van der Waals surface area contributed by atoms with Crippen LogP contribution in [0.3, 0.4) is 0 Å². The molecule has 1 atom stereocenters. The van der Waals surface area contributed by atoms with E-state index in [0.29, 0.717) is 29.6 Å². The van der Waals surface area contributed by atoms with E-state index in [-0.39, 0.29) is 16.9 Å². The van der Waals surface area contributed by atoms with Gasteiger partial charge in [-0.3, -0.25) is 4.79 Å². The summed E-state index contributed by atoms with van der Waals surface area (Å²) in [6, 6.07) is 10.9. The van der Waals surface area contributed by atoms with Gasteiger partial charge in [-0.05, 0) is 52.8 Å². The number of hydrogen-bond acceptors (Lipinski definition) is 5. The van der Waals surface area contributed by atoms with E-state index in [4.69, 9.17) is 4.74 Å². The van der Waals surface area contributed by atoms with Crippen LogP contribution in [-0.4, -0.2) is 41.0 Å². The molecule has 0 spiro atoms. The van der Waals surface area contributed by atoms with E-state index in [0.717, 1.165) is 25.7 Å². The molecule has 1 aromatic heterocycles. The van der Waals surface area contributed by atoms with Crippen molar-refractivity contribution in [2.75, 3.05) is 20.2 Å². The predicted molar refractivity (Wildman–Crippen MR) is 126 cm³/mol. The molecule has 1 heterocycles. The number of aliphatic hydroxyl groups is 1. The van der Waals surface area contributed by atoms with Gasteiger partial charge < -0.3 is 25.3 Å². The number of aryl methyl sites for hydroxylation is 2. The lowest BCUT2D eigenvalue weighted by Crippen LogP contribution is -2.44. The Balaban J connectivity index is 1.47. The summed E-state index contributed by atoms with van der Waals surface area (Å²) in [6.45, 7) is 5.35. The van der Waals surface area contributed by atoms with Gasteiger partial charge in [0.1, 0.15) is 5.75 Å². The number of H-pyrrole nitrogens is 1. The van der Waals surface area contributed by atoms with Crippen LogP contribution < -0.4 is 10.9 Å². The molecule has 6 nitrogen and oxygen atoms in total. The summed E-state index contributed by atoms with van der Waals surface area (Å²) >= 11 is 0. The number of hydrogen-bond donors (Lipinski definition) is 4. The van der Waals surface area contributed by atoms with Gasteiger partial charge in [-0.15, -0.1) is 0 Å². The average Bonchev–Trinajstić information content (AvgIpc) is 3.16. The largest absolute Gasteiger partial charge is 0.506 e. The summed E-state index contributed by atoms with van der Waals surface area (Å²) in [5, 5.41) is 24.9. The maximum atomic E-state index is 11.6. The summed E-state index contributed by atoms with van der Waals surface area (Å²) in [5.74, 6) is -0.0124. The Morgan fingerprint density at radius 2 is 1.75 bits per heavy atom. The number of phenolic OH excluding ortho intramolecular Hbond substituents is 1. The first kappa shape index (κ1) is 22.5. The smallest absolute Gasteiger partial charge is 0.248 e. The van der Waals surface area contributed by atoms with E-state index in [1.54, 1.807) is 19.2 Å². The molecule has 0 unspecified atom stereocenters. The van der Waals surface area contributed by atoms with Crippen molar-refractivity contribution < 1.29 is 14.9 Å². The number of aromatic amines is 1. The topological polar surface area (TPSA) is 94.6 Å². The molecule has 4 N–H and O–H groups in total. The van der Waals surface area contributed by atoms with E-state index < -0.39 is 6.10 Å². The SMILES string of the molecule is CCc1cc2c(cc1CC)CC(CNC[C@H](O)c1ccc(O)c3[nH]c(=O)ccc13)(OC)C2. The van der Waals surface area contributed by atoms with Gasteiger partial charge in [0.15, 0.2) is 0 Å². The van der Waals surface area contributed by atoms with Crippen LogP contribution in [0.2, 0.25) is 0 Å². The van der Waals surface area contributed by atoms with Crippen molar-refractivity contribution in [3.8, 4) is 5.75 Å². The Kier molecular flexibility index (Phi) is 6.38. The van der Waals surface area contributed by atoms with Gasteiger partial charge in [0.25, 0.3) is 0 Å². The van der Waals surface area contributed by atoms with E-state index in [1.807, 2.05) is 0 Å². The lowest BCUT2D eigenvalue weighted by molar-refractivity contribution is -0.00233. The molecular weight excluding hydrogens is 404 g/mol. The van der Waals surface area contributed by atoms with Crippen molar-refractivity contribution in [1.82, 2.24) is 10.3 Å². The van der Waals surface area contributed by atoms with E-state index >= 15 is 0 Å². The molecule has 4 rings (SSSR count). The summed E-state index contributed by atoms with van der Waals surface area (Å²) < 4.78 is 6.00. The molecular formula is C26H32N2O4. The van der Waals surface area contributed by atoms with Crippen LogP contribution >= 0.6 is 0 Å². The van der Waals surface area contributed by atoms with Gasteiger partial charge in [-0.25, -0.2) is 0 Å². The molecule has 3 aromatic rings. The van der Waals surface area contributed by atoms with Crippen LogP contribution in [0.4, 0.5) is 0 Å². The first-order valence-electron chi connectivity index (χ1n) is 11.3. The Morgan fingerprint density at radius 3 is 2.34 bits per heavy atom. The highest BCUT2D eigenvalue weighted by Gasteiger charge is 2.37.